The number of halogens is 1. The van der Waals surface area contributed by atoms with Gasteiger partial charge in [0.25, 0.3) is 0 Å². The average Bonchev–Trinajstić information content (AvgIpc) is 3.36. The molecule has 5 heteroatoms. The zero-order valence-electron chi connectivity index (χ0n) is 15.3. The SMILES string of the molecule is CN(C)CCCON=C1C2CC=CC=C2OC2(c3cccc(Cl)c3)CC12. The van der Waals surface area contributed by atoms with Crippen LogP contribution in [0.1, 0.15) is 24.8 Å². The number of rotatable bonds is 6. The summed E-state index contributed by atoms with van der Waals surface area (Å²) in [5, 5.41) is 5.33. The predicted octanol–water partition coefficient (Wildman–Crippen LogP) is 4.37. The maximum absolute atomic E-state index is 6.49. The van der Waals surface area contributed by atoms with Crippen LogP contribution in [0.25, 0.3) is 0 Å². The molecule has 0 spiro atoms. The molecule has 1 aliphatic heterocycles. The molecule has 1 aromatic carbocycles. The Labute approximate surface area is 160 Å². The van der Waals surface area contributed by atoms with Crippen LogP contribution >= 0.6 is 11.6 Å². The molecule has 0 amide bonds. The van der Waals surface area contributed by atoms with Crippen LogP contribution in [0.2, 0.25) is 5.02 Å². The smallest absolute Gasteiger partial charge is 0.143 e. The molecule has 2 fully saturated rings. The molecule has 3 unspecified atom stereocenters. The molecule has 0 N–H and O–H groups in total. The fraction of sp³-hybridized carbons (Fsp3) is 0.476. The van der Waals surface area contributed by atoms with Crippen molar-refractivity contribution in [3.05, 3.63) is 58.8 Å². The van der Waals surface area contributed by atoms with Gasteiger partial charge in [-0.3, -0.25) is 0 Å². The molecule has 2 aliphatic carbocycles. The summed E-state index contributed by atoms with van der Waals surface area (Å²) in [5.41, 5.74) is 1.92. The lowest BCUT2D eigenvalue weighted by molar-refractivity contribution is 0.0545. The second kappa shape index (κ2) is 7.09. The van der Waals surface area contributed by atoms with E-state index < -0.39 is 0 Å². The van der Waals surface area contributed by atoms with Crippen LogP contribution in [0, 0.1) is 11.8 Å². The first-order valence-electron chi connectivity index (χ1n) is 9.26. The molecule has 1 saturated carbocycles. The lowest BCUT2D eigenvalue weighted by Gasteiger charge is -2.34. The van der Waals surface area contributed by atoms with E-state index in [1.54, 1.807) is 0 Å². The van der Waals surface area contributed by atoms with Gasteiger partial charge in [0.1, 0.15) is 18.0 Å². The lowest BCUT2D eigenvalue weighted by Crippen LogP contribution is -2.34. The minimum atomic E-state index is -0.329. The monoisotopic (exact) mass is 372 g/mol. The van der Waals surface area contributed by atoms with E-state index in [0.717, 1.165) is 47.9 Å². The molecule has 1 aromatic rings. The van der Waals surface area contributed by atoms with E-state index in [9.17, 15) is 0 Å². The quantitative estimate of drug-likeness (QED) is 0.549. The molecule has 4 nitrogen and oxygen atoms in total. The zero-order chi connectivity index (χ0) is 18.1. The van der Waals surface area contributed by atoms with Gasteiger partial charge in [-0.25, -0.2) is 0 Å². The molecule has 0 radical (unpaired) electrons. The molecule has 4 rings (SSSR count). The van der Waals surface area contributed by atoms with Crippen LogP contribution in [0.4, 0.5) is 0 Å². The van der Waals surface area contributed by atoms with Gasteiger partial charge in [0.2, 0.25) is 0 Å². The highest BCUT2D eigenvalue weighted by Crippen LogP contribution is 2.62. The van der Waals surface area contributed by atoms with E-state index in [-0.39, 0.29) is 17.4 Å². The van der Waals surface area contributed by atoms with Gasteiger partial charge < -0.3 is 14.5 Å². The summed E-state index contributed by atoms with van der Waals surface area (Å²) in [6.07, 6.45) is 9.13. The van der Waals surface area contributed by atoms with Crippen molar-refractivity contribution in [1.29, 1.82) is 0 Å². The fourth-order valence-electron chi connectivity index (χ4n) is 3.96. The van der Waals surface area contributed by atoms with Gasteiger partial charge in [-0.05, 0) is 50.7 Å². The van der Waals surface area contributed by atoms with Gasteiger partial charge >= 0.3 is 0 Å². The maximum Gasteiger partial charge on any atom is 0.143 e. The number of nitrogens with zero attached hydrogens (tertiary/aromatic N) is 2. The zero-order valence-corrected chi connectivity index (χ0v) is 16.1. The summed E-state index contributed by atoms with van der Waals surface area (Å²) in [6.45, 7) is 1.64. The minimum absolute atomic E-state index is 0.202. The number of hydrogen-bond donors (Lipinski definition) is 0. The summed E-state index contributed by atoms with van der Waals surface area (Å²) in [7, 11) is 4.14. The number of allylic oxidation sites excluding steroid dienone is 4. The predicted molar refractivity (Wildman–Crippen MR) is 104 cm³/mol. The normalized spacial score (nSPS) is 30.5. The highest BCUT2D eigenvalue weighted by Gasteiger charge is 2.65. The van der Waals surface area contributed by atoms with Gasteiger partial charge in [-0.15, -0.1) is 0 Å². The van der Waals surface area contributed by atoms with Crippen LogP contribution < -0.4 is 0 Å². The fourth-order valence-corrected chi connectivity index (χ4v) is 4.15. The van der Waals surface area contributed by atoms with E-state index in [0.29, 0.717) is 6.61 Å². The topological polar surface area (TPSA) is 34.1 Å². The van der Waals surface area contributed by atoms with Gasteiger partial charge in [-0.2, -0.15) is 0 Å². The molecule has 1 saturated heterocycles. The number of ether oxygens (including phenoxy) is 1. The Bertz CT molecular complexity index is 771. The Morgan fingerprint density at radius 2 is 2.27 bits per heavy atom. The lowest BCUT2D eigenvalue weighted by atomic mass is 9.86. The summed E-state index contributed by atoms with van der Waals surface area (Å²) < 4.78 is 6.49. The maximum atomic E-state index is 6.49. The molecule has 0 bridgehead atoms. The molecular weight excluding hydrogens is 348 g/mol. The van der Waals surface area contributed by atoms with Crippen molar-refractivity contribution in [2.75, 3.05) is 27.2 Å². The van der Waals surface area contributed by atoms with E-state index in [2.05, 4.69) is 48.4 Å². The number of fused-ring (bicyclic) bond motifs is 2. The highest BCUT2D eigenvalue weighted by atomic mass is 35.5. The Hall–Kier alpha value is -1.78. The first kappa shape index (κ1) is 17.6. The standard InChI is InChI=1S/C21H25ClN2O2/c1-24(2)11-6-12-25-23-20-17-9-3-4-10-19(17)26-21(14-18(20)21)15-7-5-8-16(22)13-15/h3-5,7-8,10,13,17-18H,6,9,11-12,14H2,1-2H3. The third-order valence-corrected chi connectivity index (χ3v) is 5.60. The third kappa shape index (κ3) is 3.28. The highest BCUT2D eigenvalue weighted by molar-refractivity contribution is 6.30. The average molecular weight is 373 g/mol. The van der Waals surface area contributed by atoms with E-state index in [1.807, 2.05) is 18.2 Å². The molecule has 3 aliphatic rings. The van der Waals surface area contributed by atoms with Gasteiger partial charge in [0.15, 0.2) is 0 Å². The number of oxime groups is 1. The van der Waals surface area contributed by atoms with E-state index in [4.69, 9.17) is 21.2 Å². The largest absolute Gasteiger partial charge is 0.485 e. The van der Waals surface area contributed by atoms with Gasteiger partial charge in [0, 0.05) is 23.9 Å². The van der Waals surface area contributed by atoms with Crippen molar-refractivity contribution in [3.63, 3.8) is 0 Å². The molecule has 26 heavy (non-hydrogen) atoms. The summed E-state index contributed by atoms with van der Waals surface area (Å²) in [5.74, 6) is 1.47. The second-order valence-corrected chi connectivity index (χ2v) is 7.99. The minimum Gasteiger partial charge on any atom is -0.485 e. The number of hydrogen-bond acceptors (Lipinski definition) is 4. The van der Waals surface area contributed by atoms with Crippen LogP contribution in [-0.2, 0) is 15.2 Å². The van der Waals surface area contributed by atoms with Crippen LogP contribution in [-0.4, -0.2) is 37.9 Å². The van der Waals surface area contributed by atoms with Crippen LogP contribution in [0.5, 0.6) is 0 Å². The molecule has 3 atom stereocenters. The third-order valence-electron chi connectivity index (χ3n) is 5.36. The van der Waals surface area contributed by atoms with Crippen molar-refractivity contribution in [2.24, 2.45) is 17.0 Å². The van der Waals surface area contributed by atoms with E-state index in [1.165, 1.54) is 0 Å². The number of benzene rings is 1. The molecule has 138 valence electrons. The second-order valence-electron chi connectivity index (χ2n) is 7.55. The Kier molecular flexibility index (Phi) is 4.80. The first-order valence-corrected chi connectivity index (χ1v) is 9.64. The Morgan fingerprint density at radius 1 is 1.38 bits per heavy atom. The van der Waals surface area contributed by atoms with Crippen LogP contribution in [0.15, 0.2) is 53.4 Å². The van der Waals surface area contributed by atoms with Crippen molar-refractivity contribution < 1.29 is 9.57 Å². The Balaban J connectivity index is 1.56. The van der Waals surface area contributed by atoms with E-state index >= 15 is 0 Å². The first-order chi connectivity index (χ1) is 12.6. The van der Waals surface area contributed by atoms with Gasteiger partial charge in [0.05, 0.1) is 11.6 Å². The summed E-state index contributed by atoms with van der Waals surface area (Å²) >= 11 is 6.22. The van der Waals surface area contributed by atoms with Crippen molar-refractivity contribution in [3.8, 4) is 0 Å². The Morgan fingerprint density at radius 3 is 3.08 bits per heavy atom. The molecule has 0 aromatic heterocycles. The molecule has 1 heterocycles. The van der Waals surface area contributed by atoms with Crippen molar-refractivity contribution in [2.45, 2.75) is 24.9 Å². The van der Waals surface area contributed by atoms with Crippen molar-refractivity contribution in [1.82, 2.24) is 4.90 Å². The summed E-state index contributed by atoms with van der Waals surface area (Å²) in [6, 6.07) is 7.99. The van der Waals surface area contributed by atoms with Crippen molar-refractivity contribution >= 4 is 17.3 Å². The van der Waals surface area contributed by atoms with Crippen LogP contribution in [0.3, 0.4) is 0 Å². The summed E-state index contributed by atoms with van der Waals surface area (Å²) in [4.78, 5) is 7.86. The molecular formula is C21H25ClN2O2. The van der Waals surface area contributed by atoms with Gasteiger partial charge in [-0.1, -0.05) is 41.0 Å².